The molecule has 0 saturated carbocycles. The van der Waals surface area contributed by atoms with Gasteiger partial charge >= 0.3 is 0 Å². The first-order chi connectivity index (χ1) is 15.6. The molecule has 1 aromatic heterocycles. The van der Waals surface area contributed by atoms with Crippen LogP contribution in [0.5, 0.6) is 5.75 Å². The number of thioether (sulfide) groups is 1. The van der Waals surface area contributed by atoms with Gasteiger partial charge in [-0.1, -0.05) is 36.0 Å². The fraction of sp³-hybridized carbons (Fsp3) is 0.0800. The molecule has 1 heterocycles. The van der Waals surface area contributed by atoms with Crippen LogP contribution in [0, 0.1) is 0 Å². The number of aromatic nitrogens is 2. The molecular formula is C25H21N3O3S. The number of Topliss-reactive ketones (excluding diaryl/α,β-unsaturated/α-hetero) is 1. The second-order valence-electron chi connectivity index (χ2n) is 6.89. The maximum atomic E-state index is 12.7. The van der Waals surface area contributed by atoms with Gasteiger partial charge in [0.1, 0.15) is 5.75 Å². The summed E-state index contributed by atoms with van der Waals surface area (Å²) in [6.07, 6.45) is 3.56. The number of benzene rings is 3. The Balaban J connectivity index is 1.38. The maximum absolute atomic E-state index is 12.7. The molecule has 32 heavy (non-hydrogen) atoms. The number of rotatable bonds is 8. The lowest BCUT2D eigenvalue weighted by molar-refractivity contribution is 0.101. The van der Waals surface area contributed by atoms with Gasteiger partial charge in [-0.05, 0) is 48.5 Å². The molecule has 7 heteroatoms. The van der Waals surface area contributed by atoms with Crippen molar-refractivity contribution >= 4 is 29.1 Å². The van der Waals surface area contributed by atoms with Crippen molar-refractivity contribution in [2.45, 2.75) is 5.16 Å². The zero-order valence-electron chi connectivity index (χ0n) is 17.4. The summed E-state index contributed by atoms with van der Waals surface area (Å²) in [5.41, 5.74) is 2.71. The summed E-state index contributed by atoms with van der Waals surface area (Å²) in [4.78, 5) is 29.3. The third kappa shape index (κ3) is 5.07. The van der Waals surface area contributed by atoms with Crippen LogP contribution < -0.4 is 10.1 Å². The largest absolute Gasteiger partial charge is 0.497 e. The molecule has 0 bridgehead atoms. The van der Waals surface area contributed by atoms with Gasteiger partial charge in [-0.15, -0.1) is 0 Å². The predicted molar refractivity (Wildman–Crippen MR) is 126 cm³/mol. The summed E-state index contributed by atoms with van der Waals surface area (Å²) >= 11 is 1.37. The minimum atomic E-state index is -0.190. The number of carbonyl (C=O) groups excluding carboxylic acids is 2. The van der Waals surface area contributed by atoms with Crippen LogP contribution in [-0.2, 0) is 0 Å². The topological polar surface area (TPSA) is 73.2 Å². The number of ether oxygens (including phenoxy) is 1. The van der Waals surface area contributed by atoms with E-state index in [1.807, 2.05) is 53.2 Å². The number of nitrogens with one attached hydrogen (secondary N) is 1. The Hall–Kier alpha value is -3.84. The van der Waals surface area contributed by atoms with E-state index in [2.05, 4.69) is 10.3 Å². The van der Waals surface area contributed by atoms with Crippen molar-refractivity contribution in [2.24, 2.45) is 0 Å². The fourth-order valence-electron chi connectivity index (χ4n) is 3.10. The lowest BCUT2D eigenvalue weighted by atomic mass is 10.1. The second kappa shape index (κ2) is 9.98. The number of imidazole rings is 1. The second-order valence-corrected chi connectivity index (χ2v) is 7.83. The molecule has 0 saturated heterocycles. The maximum Gasteiger partial charge on any atom is 0.255 e. The minimum absolute atomic E-state index is 0.0175. The van der Waals surface area contributed by atoms with Crippen molar-refractivity contribution in [3.8, 4) is 11.4 Å². The van der Waals surface area contributed by atoms with Crippen molar-refractivity contribution in [1.82, 2.24) is 9.55 Å². The van der Waals surface area contributed by atoms with Crippen LogP contribution in [0.2, 0.25) is 0 Å². The molecule has 0 aliphatic carbocycles. The van der Waals surface area contributed by atoms with Gasteiger partial charge in [0.05, 0.1) is 18.6 Å². The number of nitrogens with zero attached hydrogens (tertiary/aromatic N) is 2. The van der Waals surface area contributed by atoms with Crippen LogP contribution in [0.4, 0.5) is 5.69 Å². The van der Waals surface area contributed by atoms with E-state index in [1.165, 1.54) is 11.8 Å². The van der Waals surface area contributed by atoms with Gasteiger partial charge in [-0.2, -0.15) is 0 Å². The quantitative estimate of drug-likeness (QED) is 0.303. The molecule has 0 unspecified atom stereocenters. The molecule has 0 atom stereocenters. The molecule has 1 amide bonds. The Kier molecular flexibility index (Phi) is 6.67. The average molecular weight is 444 g/mol. The van der Waals surface area contributed by atoms with Crippen molar-refractivity contribution in [1.29, 1.82) is 0 Å². The van der Waals surface area contributed by atoms with E-state index < -0.39 is 0 Å². The van der Waals surface area contributed by atoms with E-state index in [0.717, 1.165) is 16.6 Å². The van der Waals surface area contributed by atoms with Crippen LogP contribution >= 0.6 is 11.8 Å². The van der Waals surface area contributed by atoms with Crippen molar-refractivity contribution < 1.29 is 14.3 Å². The number of hydrogen-bond acceptors (Lipinski definition) is 5. The van der Waals surface area contributed by atoms with E-state index in [4.69, 9.17) is 4.74 Å². The summed E-state index contributed by atoms with van der Waals surface area (Å²) in [6, 6.07) is 23.5. The molecule has 4 aromatic rings. The number of carbonyl (C=O) groups is 2. The number of hydrogen-bond donors (Lipinski definition) is 1. The molecular weight excluding hydrogens is 422 g/mol. The van der Waals surface area contributed by atoms with Crippen molar-refractivity contribution in [2.75, 3.05) is 18.2 Å². The monoisotopic (exact) mass is 443 g/mol. The van der Waals surface area contributed by atoms with E-state index in [-0.39, 0.29) is 17.4 Å². The number of amides is 1. The molecule has 1 N–H and O–H groups in total. The minimum Gasteiger partial charge on any atom is -0.497 e. The van der Waals surface area contributed by atoms with Gasteiger partial charge in [0.2, 0.25) is 0 Å². The van der Waals surface area contributed by atoms with E-state index >= 15 is 0 Å². The Bertz CT molecular complexity index is 1220. The first-order valence-corrected chi connectivity index (χ1v) is 10.9. The van der Waals surface area contributed by atoms with Crippen LogP contribution in [0.3, 0.4) is 0 Å². The first kappa shape index (κ1) is 21.4. The smallest absolute Gasteiger partial charge is 0.255 e. The normalized spacial score (nSPS) is 10.5. The van der Waals surface area contributed by atoms with Crippen LogP contribution in [0.1, 0.15) is 20.7 Å². The third-order valence-corrected chi connectivity index (χ3v) is 5.74. The molecule has 160 valence electrons. The summed E-state index contributed by atoms with van der Waals surface area (Å²) in [5, 5.41) is 3.56. The molecule has 6 nitrogen and oxygen atoms in total. The fourth-order valence-corrected chi connectivity index (χ4v) is 3.97. The number of methoxy groups -OCH3 is 1. The van der Waals surface area contributed by atoms with Gasteiger partial charge in [-0.25, -0.2) is 4.98 Å². The molecule has 4 rings (SSSR count). The van der Waals surface area contributed by atoms with E-state index in [1.54, 1.807) is 49.7 Å². The van der Waals surface area contributed by atoms with Crippen molar-refractivity contribution in [3.63, 3.8) is 0 Å². The zero-order valence-corrected chi connectivity index (χ0v) is 18.2. The lowest BCUT2D eigenvalue weighted by Crippen LogP contribution is -2.12. The van der Waals surface area contributed by atoms with Gasteiger partial charge in [0, 0.05) is 35.3 Å². The standard InChI is InChI=1S/C25H21N3O3S/c1-31-22-9-5-8-21(16-22)28-15-14-26-25(28)32-17-23(29)18-10-12-20(13-11-18)27-24(30)19-6-3-2-4-7-19/h2-16H,17H2,1H3,(H,27,30). The number of anilines is 1. The first-order valence-electron chi connectivity index (χ1n) is 9.94. The molecule has 0 aliphatic rings. The summed E-state index contributed by atoms with van der Waals surface area (Å²) < 4.78 is 7.21. The third-order valence-electron chi connectivity index (χ3n) is 4.77. The highest BCUT2D eigenvalue weighted by atomic mass is 32.2. The SMILES string of the molecule is COc1cccc(-n2ccnc2SCC(=O)c2ccc(NC(=O)c3ccccc3)cc2)c1. The average Bonchev–Trinajstić information content (AvgIpc) is 3.32. The van der Waals surface area contributed by atoms with Crippen LogP contribution in [0.25, 0.3) is 5.69 Å². The predicted octanol–water partition coefficient (Wildman–Crippen LogP) is 5.11. The lowest BCUT2D eigenvalue weighted by Gasteiger charge is -2.09. The van der Waals surface area contributed by atoms with E-state index in [0.29, 0.717) is 16.8 Å². The van der Waals surface area contributed by atoms with Gasteiger partial charge in [-0.3, -0.25) is 14.2 Å². The van der Waals surface area contributed by atoms with Gasteiger partial charge in [0.25, 0.3) is 5.91 Å². The number of ketones is 1. The highest BCUT2D eigenvalue weighted by molar-refractivity contribution is 7.99. The molecule has 3 aromatic carbocycles. The summed E-state index contributed by atoms with van der Waals surface area (Å²) in [5.74, 6) is 0.792. The van der Waals surface area contributed by atoms with Crippen molar-refractivity contribution in [3.05, 3.63) is 102 Å². The Labute approximate surface area is 190 Å². The molecule has 0 radical (unpaired) electrons. The summed E-state index contributed by atoms with van der Waals surface area (Å²) in [7, 11) is 1.62. The summed E-state index contributed by atoms with van der Waals surface area (Å²) in [6.45, 7) is 0. The Morgan fingerprint density at radius 2 is 1.75 bits per heavy atom. The highest BCUT2D eigenvalue weighted by Gasteiger charge is 2.12. The van der Waals surface area contributed by atoms with Gasteiger partial charge in [0.15, 0.2) is 10.9 Å². The molecule has 0 aliphatic heterocycles. The van der Waals surface area contributed by atoms with Crippen LogP contribution in [0.15, 0.2) is 96.4 Å². The van der Waals surface area contributed by atoms with E-state index in [9.17, 15) is 9.59 Å². The van der Waals surface area contributed by atoms with Crippen LogP contribution in [-0.4, -0.2) is 34.1 Å². The Morgan fingerprint density at radius 3 is 2.50 bits per heavy atom. The molecule has 0 spiro atoms. The Morgan fingerprint density at radius 1 is 0.969 bits per heavy atom. The van der Waals surface area contributed by atoms with Gasteiger partial charge < -0.3 is 10.1 Å². The zero-order chi connectivity index (χ0) is 22.3. The molecule has 0 fully saturated rings. The highest BCUT2D eigenvalue weighted by Crippen LogP contribution is 2.24.